The van der Waals surface area contributed by atoms with Crippen LogP contribution in [-0.2, 0) is 19.5 Å². The van der Waals surface area contributed by atoms with E-state index >= 15 is 0 Å². The standard InChI is InChI=1S/C19H18N6O3/c1-12-2-3-13(6-17(12)25(27)28)9-24-5-4-16-15(10-24)19(26)23-18(22-16)14-7-20-11-21-8-14/h2-3,6-8,11H,4-5,9-10H2,1H3,(H,22,23,26). The summed E-state index contributed by atoms with van der Waals surface area (Å²) in [4.78, 5) is 40.8. The summed E-state index contributed by atoms with van der Waals surface area (Å²) >= 11 is 0. The Morgan fingerprint density at radius 3 is 2.82 bits per heavy atom. The number of hydrogen-bond donors (Lipinski definition) is 1. The number of fused-ring (bicyclic) bond motifs is 1. The van der Waals surface area contributed by atoms with E-state index in [4.69, 9.17) is 0 Å². The van der Waals surface area contributed by atoms with Crippen molar-refractivity contribution in [1.29, 1.82) is 0 Å². The fourth-order valence-electron chi connectivity index (χ4n) is 3.38. The maximum absolute atomic E-state index is 12.6. The van der Waals surface area contributed by atoms with Gasteiger partial charge in [0, 0.05) is 50.1 Å². The Balaban J connectivity index is 1.57. The molecule has 1 aliphatic heterocycles. The predicted octanol–water partition coefficient (Wildman–Crippen LogP) is 2.00. The quantitative estimate of drug-likeness (QED) is 0.545. The van der Waals surface area contributed by atoms with Crippen LogP contribution in [0.4, 0.5) is 5.69 Å². The Morgan fingerprint density at radius 2 is 2.07 bits per heavy atom. The van der Waals surface area contributed by atoms with Gasteiger partial charge in [0.25, 0.3) is 11.2 Å². The van der Waals surface area contributed by atoms with E-state index in [1.807, 2.05) is 6.07 Å². The third-order valence-electron chi connectivity index (χ3n) is 4.86. The number of nitro benzene ring substituents is 1. The van der Waals surface area contributed by atoms with E-state index in [9.17, 15) is 14.9 Å². The van der Waals surface area contributed by atoms with E-state index in [0.29, 0.717) is 42.0 Å². The molecule has 0 unspecified atom stereocenters. The normalized spacial score (nSPS) is 13.9. The lowest BCUT2D eigenvalue weighted by Gasteiger charge is -2.27. The number of nitrogens with zero attached hydrogens (tertiary/aromatic N) is 5. The number of aromatic amines is 1. The maximum atomic E-state index is 12.6. The van der Waals surface area contributed by atoms with Gasteiger partial charge in [0.2, 0.25) is 0 Å². The molecule has 1 aromatic carbocycles. The molecule has 28 heavy (non-hydrogen) atoms. The fourth-order valence-corrected chi connectivity index (χ4v) is 3.38. The van der Waals surface area contributed by atoms with Crippen LogP contribution in [0.3, 0.4) is 0 Å². The van der Waals surface area contributed by atoms with Crippen LogP contribution in [0, 0.1) is 17.0 Å². The topological polar surface area (TPSA) is 118 Å². The minimum atomic E-state index is -0.367. The van der Waals surface area contributed by atoms with E-state index < -0.39 is 0 Å². The van der Waals surface area contributed by atoms with Gasteiger partial charge in [-0.15, -0.1) is 0 Å². The largest absolute Gasteiger partial charge is 0.306 e. The Bertz CT molecular complexity index is 1100. The highest BCUT2D eigenvalue weighted by Crippen LogP contribution is 2.23. The molecule has 1 aliphatic rings. The summed E-state index contributed by atoms with van der Waals surface area (Å²) in [5.74, 6) is 0.465. The van der Waals surface area contributed by atoms with Crippen molar-refractivity contribution in [1.82, 2.24) is 24.8 Å². The lowest BCUT2D eigenvalue weighted by Crippen LogP contribution is -2.35. The van der Waals surface area contributed by atoms with Crippen molar-refractivity contribution in [2.45, 2.75) is 26.4 Å². The zero-order valence-corrected chi connectivity index (χ0v) is 15.3. The van der Waals surface area contributed by atoms with Crippen LogP contribution in [0.25, 0.3) is 11.4 Å². The molecule has 1 N–H and O–H groups in total. The monoisotopic (exact) mass is 378 g/mol. The van der Waals surface area contributed by atoms with E-state index in [0.717, 1.165) is 17.8 Å². The first kappa shape index (κ1) is 17.9. The smallest absolute Gasteiger partial charge is 0.272 e. The van der Waals surface area contributed by atoms with Gasteiger partial charge in [-0.3, -0.25) is 19.8 Å². The van der Waals surface area contributed by atoms with Crippen molar-refractivity contribution >= 4 is 5.69 Å². The molecule has 0 saturated carbocycles. The third-order valence-corrected chi connectivity index (χ3v) is 4.86. The van der Waals surface area contributed by atoms with Crippen molar-refractivity contribution in [2.75, 3.05) is 6.54 Å². The van der Waals surface area contributed by atoms with Gasteiger partial charge in [-0.05, 0) is 12.5 Å². The Kier molecular flexibility index (Phi) is 4.66. The summed E-state index contributed by atoms with van der Waals surface area (Å²) in [5, 5.41) is 11.2. The van der Waals surface area contributed by atoms with Gasteiger partial charge in [0.1, 0.15) is 12.2 Å². The predicted molar refractivity (Wildman–Crippen MR) is 102 cm³/mol. The van der Waals surface area contributed by atoms with Gasteiger partial charge in [-0.1, -0.05) is 12.1 Å². The number of aryl methyl sites for hydroxylation is 1. The minimum absolute atomic E-state index is 0.115. The van der Waals surface area contributed by atoms with Crippen LogP contribution in [0.15, 0.2) is 41.7 Å². The van der Waals surface area contributed by atoms with Crippen molar-refractivity contribution < 1.29 is 4.92 Å². The molecule has 9 heteroatoms. The second-order valence-electron chi connectivity index (χ2n) is 6.81. The highest BCUT2D eigenvalue weighted by atomic mass is 16.6. The molecule has 0 aliphatic carbocycles. The molecule has 9 nitrogen and oxygen atoms in total. The molecule has 0 radical (unpaired) electrons. The number of H-pyrrole nitrogens is 1. The average Bonchev–Trinajstić information content (AvgIpc) is 2.70. The zero-order valence-electron chi connectivity index (χ0n) is 15.3. The van der Waals surface area contributed by atoms with Gasteiger partial charge in [0.05, 0.1) is 21.7 Å². The SMILES string of the molecule is Cc1ccc(CN2CCc3nc(-c4cncnc4)[nH]c(=O)c3C2)cc1[N+](=O)[O-]. The van der Waals surface area contributed by atoms with Crippen molar-refractivity contribution in [2.24, 2.45) is 0 Å². The zero-order chi connectivity index (χ0) is 19.7. The van der Waals surface area contributed by atoms with Crippen LogP contribution in [0.2, 0.25) is 0 Å². The molecule has 3 aromatic rings. The molecule has 0 amide bonds. The maximum Gasteiger partial charge on any atom is 0.272 e. The highest BCUT2D eigenvalue weighted by Gasteiger charge is 2.22. The summed E-state index contributed by atoms with van der Waals surface area (Å²) in [5.41, 5.74) is 3.49. The lowest BCUT2D eigenvalue weighted by atomic mass is 10.0. The third kappa shape index (κ3) is 3.52. The molecule has 3 heterocycles. The van der Waals surface area contributed by atoms with E-state index in [1.165, 1.54) is 6.33 Å². The van der Waals surface area contributed by atoms with Gasteiger partial charge in [-0.25, -0.2) is 15.0 Å². The molecule has 2 aromatic heterocycles. The van der Waals surface area contributed by atoms with E-state index in [1.54, 1.807) is 31.5 Å². The molecular formula is C19H18N6O3. The first-order chi connectivity index (χ1) is 13.5. The second-order valence-corrected chi connectivity index (χ2v) is 6.81. The average molecular weight is 378 g/mol. The Labute approximate surface area is 160 Å². The van der Waals surface area contributed by atoms with Crippen molar-refractivity contribution in [3.63, 3.8) is 0 Å². The molecule has 0 bridgehead atoms. The van der Waals surface area contributed by atoms with E-state index in [2.05, 4.69) is 24.8 Å². The van der Waals surface area contributed by atoms with Crippen LogP contribution < -0.4 is 5.56 Å². The first-order valence-electron chi connectivity index (χ1n) is 8.85. The lowest BCUT2D eigenvalue weighted by molar-refractivity contribution is -0.385. The Morgan fingerprint density at radius 1 is 1.29 bits per heavy atom. The number of aromatic nitrogens is 4. The fraction of sp³-hybridized carbons (Fsp3) is 0.263. The number of hydrogen-bond acceptors (Lipinski definition) is 7. The number of nitrogens with one attached hydrogen (secondary N) is 1. The Hall–Kier alpha value is -3.46. The summed E-state index contributed by atoms with van der Waals surface area (Å²) in [6.07, 6.45) is 5.27. The van der Waals surface area contributed by atoms with E-state index in [-0.39, 0.29) is 16.2 Å². The van der Waals surface area contributed by atoms with Crippen LogP contribution in [-0.4, -0.2) is 36.3 Å². The molecule has 4 rings (SSSR count). The molecule has 142 valence electrons. The molecule has 0 fully saturated rings. The molecule has 0 atom stereocenters. The van der Waals surface area contributed by atoms with Gasteiger partial charge in [0.15, 0.2) is 0 Å². The summed E-state index contributed by atoms with van der Waals surface area (Å²) in [7, 11) is 0. The van der Waals surface area contributed by atoms with Gasteiger partial charge in [-0.2, -0.15) is 0 Å². The summed E-state index contributed by atoms with van der Waals surface area (Å²) in [6, 6.07) is 5.25. The number of nitro groups is 1. The second kappa shape index (κ2) is 7.28. The first-order valence-corrected chi connectivity index (χ1v) is 8.85. The number of benzene rings is 1. The van der Waals surface area contributed by atoms with Crippen LogP contribution in [0.1, 0.15) is 22.4 Å². The van der Waals surface area contributed by atoms with Gasteiger partial charge < -0.3 is 4.98 Å². The molecule has 0 spiro atoms. The minimum Gasteiger partial charge on any atom is -0.306 e. The van der Waals surface area contributed by atoms with Crippen LogP contribution in [0.5, 0.6) is 0 Å². The summed E-state index contributed by atoms with van der Waals surface area (Å²) < 4.78 is 0. The van der Waals surface area contributed by atoms with Crippen molar-refractivity contribution in [3.8, 4) is 11.4 Å². The molecule has 0 saturated heterocycles. The summed E-state index contributed by atoms with van der Waals surface area (Å²) in [6.45, 7) is 3.43. The number of rotatable bonds is 4. The van der Waals surface area contributed by atoms with Crippen LogP contribution >= 0.6 is 0 Å². The highest BCUT2D eigenvalue weighted by molar-refractivity contribution is 5.52. The van der Waals surface area contributed by atoms with Gasteiger partial charge >= 0.3 is 0 Å². The van der Waals surface area contributed by atoms with Crippen molar-refractivity contribution in [3.05, 3.63) is 79.8 Å². The molecular weight excluding hydrogens is 360 g/mol.